The Morgan fingerprint density at radius 2 is 1.74 bits per heavy atom. The molecule has 0 radical (unpaired) electrons. The van der Waals surface area contributed by atoms with Gasteiger partial charge < -0.3 is 15.5 Å². The van der Waals surface area contributed by atoms with Crippen LogP contribution in [0.15, 0.2) is 33.3 Å². The van der Waals surface area contributed by atoms with Crippen LogP contribution >= 0.6 is 43.5 Å². The van der Waals surface area contributed by atoms with Crippen molar-refractivity contribution in [3.05, 3.63) is 60.7 Å². The molecule has 38 heavy (non-hydrogen) atoms. The lowest BCUT2D eigenvalue weighted by atomic mass is 9.73. The first-order chi connectivity index (χ1) is 18.2. The van der Waals surface area contributed by atoms with Gasteiger partial charge in [-0.1, -0.05) is 34.5 Å². The third kappa shape index (κ3) is 5.64. The Bertz CT molecular complexity index is 1220. The number of amides is 3. The fourth-order valence-corrected chi connectivity index (χ4v) is 8.30. The van der Waals surface area contributed by atoms with Crippen LogP contribution in [0.2, 0.25) is 5.02 Å². The van der Waals surface area contributed by atoms with Gasteiger partial charge in [-0.15, -0.1) is 0 Å². The average molecular weight is 667 g/mol. The number of fused-ring (bicyclic) bond motifs is 2. The first-order valence-electron chi connectivity index (χ1n) is 13.6. The number of aryl methyl sites for hydroxylation is 2. The number of likely N-dealkylation sites (tertiary alicyclic amines) is 2. The molecule has 2 aromatic rings. The lowest BCUT2D eigenvalue weighted by Crippen LogP contribution is -2.48. The number of urea groups is 1. The summed E-state index contributed by atoms with van der Waals surface area (Å²) in [5.41, 5.74) is 10.5. The molecule has 0 saturated carbocycles. The Balaban J connectivity index is 1.33. The fourth-order valence-electron chi connectivity index (χ4n) is 6.80. The Hall–Kier alpha value is -1.64. The summed E-state index contributed by atoms with van der Waals surface area (Å²) in [5, 5.41) is 0.751. The molecule has 3 aliphatic rings. The molecule has 1 atom stereocenters. The molecule has 3 heterocycles. The first kappa shape index (κ1) is 27.9. The lowest BCUT2D eigenvalue weighted by molar-refractivity contribution is -0.136. The van der Waals surface area contributed by atoms with Crippen LogP contribution in [0.1, 0.15) is 73.8 Å². The van der Waals surface area contributed by atoms with Crippen molar-refractivity contribution in [2.24, 2.45) is 17.1 Å². The number of hydrogen-bond donors (Lipinski definition) is 1. The zero-order valence-electron chi connectivity index (χ0n) is 21.8. The molecule has 5 rings (SSSR count). The Morgan fingerprint density at radius 1 is 1.05 bits per heavy atom. The van der Waals surface area contributed by atoms with E-state index in [9.17, 15) is 9.59 Å². The van der Waals surface area contributed by atoms with E-state index < -0.39 is 0 Å². The number of halogens is 3. The van der Waals surface area contributed by atoms with Crippen molar-refractivity contribution in [3.63, 3.8) is 0 Å². The van der Waals surface area contributed by atoms with Gasteiger partial charge in [-0.2, -0.15) is 0 Å². The van der Waals surface area contributed by atoms with E-state index in [1.54, 1.807) is 4.90 Å². The standard InChI is InChI=1S/C29H35Br2ClN4O2/c1-2-29(7-11-36(12-8-29)28(33)38)16-24(37)35-9-5-18(6-10-35)26-25-19(14-22(32)15-23(25)31)3-4-20-13-21(30)17-34-27(20)26/h13-15,17-18,26H,2-12,16H2,1H3,(H2,33,38)/t26-/m1/s1. The zero-order valence-corrected chi connectivity index (χ0v) is 25.7. The maximum atomic E-state index is 13.5. The molecule has 3 amide bonds. The Labute approximate surface area is 246 Å². The van der Waals surface area contributed by atoms with Gasteiger partial charge in [0.25, 0.3) is 0 Å². The number of nitrogens with zero attached hydrogens (tertiary/aromatic N) is 3. The predicted molar refractivity (Wildman–Crippen MR) is 157 cm³/mol. The van der Waals surface area contributed by atoms with Crippen LogP contribution in [0.3, 0.4) is 0 Å². The number of carbonyl (C=O) groups is 2. The second kappa shape index (κ2) is 11.5. The average Bonchev–Trinajstić information content (AvgIpc) is 3.05. The quantitative estimate of drug-likeness (QED) is 0.395. The van der Waals surface area contributed by atoms with E-state index in [0.29, 0.717) is 25.4 Å². The number of benzene rings is 1. The molecule has 2 aliphatic heterocycles. The van der Waals surface area contributed by atoms with E-state index in [4.69, 9.17) is 22.3 Å². The van der Waals surface area contributed by atoms with E-state index in [-0.39, 0.29) is 23.3 Å². The number of piperidine rings is 2. The van der Waals surface area contributed by atoms with E-state index in [0.717, 1.165) is 77.7 Å². The van der Waals surface area contributed by atoms with Gasteiger partial charge in [0, 0.05) is 58.7 Å². The Kier molecular flexibility index (Phi) is 8.42. The maximum absolute atomic E-state index is 13.5. The van der Waals surface area contributed by atoms with Crippen LogP contribution in [0.5, 0.6) is 0 Å². The van der Waals surface area contributed by atoms with Crippen molar-refractivity contribution in [3.8, 4) is 0 Å². The van der Waals surface area contributed by atoms with Crippen molar-refractivity contribution in [2.75, 3.05) is 26.2 Å². The molecule has 0 spiro atoms. The number of aromatic nitrogens is 1. The largest absolute Gasteiger partial charge is 0.351 e. The monoisotopic (exact) mass is 664 g/mol. The molecule has 6 nitrogen and oxygen atoms in total. The number of hydrogen-bond acceptors (Lipinski definition) is 3. The van der Waals surface area contributed by atoms with Gasteiger partial charge in [-0.25, -0.2) is 4.79 Å². The predicted octanol–water partition coefficient (Wildman–Crippen LogP) is 6.69. The normalized spacial score (nSPS) is 21.4. The highest BCUT2D eigenvalue weighted by Gasteiger charge is 2.39. The highest BCUT2D eigenvalue weighted by molar-refractivity contribution is 9.10. The van der Waals surface area contributed by atoms with Gasteiger partial charge in [-0.3, -0.25) is 9.78 Å². The summed E-state index contributed by atoms with van der Waals surface area (Å²) < 4.78 is 2.05. The van der Waals surface area contributed by atoms with Crippen molar-refractivity contribution in [1.82, 2.24) is 14.8 Å². The number of carbonyl (C=O) groups excluding carboxylic acids is 2. The van der Waals surface area contributed by atoms with Gasteiger partial charge in [0.2, 0.25) is 5.91 Å². The lowest BCUT2D eigenvalue weighted by Gasteiger charge is -2.42. The highest BCUT2D eigenvalue weighted by Crippen LogP contribution is 2.46. The number of nitrogens with two attached hydrogens (primary N) is 1. The van der Waals surface area contributed by atoms with E-state index in [2.05, 4.69) is 55.8 Å². The topological polar surface area (TPSA) is 79.5 Å². The van der Waals surface area contributed by atoms with Crippen molar-refractivity contribution in [1.29, 1.82) is 0 Å². The molecule has 0 unspecified atom stereocenters. The minimum atomic E-state index is -0.361. The summed E-state index contributed by atoms with van der Waals surface area (Å²) in [6.45, 7) is 4.97. The maximum Gasteiger partial charge on any atom is 0.314 e. The van der Waals surface area contributed by atoms with Gasteiger partial charge >= 0.3 is 6.03 Å². The summed E-state index contributed by atoms with van der Waals surface area (Å²) in [4.78, 5) is 33.8. The van der Waals surface area contributed by atoms with Crippen LogP contribution in [0.25, 0.3) is 0 Å². The molecule has 2 saturated heterocycles. The fraction of sp³-hybridized carbons (Fsp3) is 0.552. The zero-order chi connectivity index (χ0) is 27.0. The van der Waals surface area contributed by atoms with Crippen LogP contribution in [-0.2, 0) is 17.6 Å². The summed E-state index contributed by atoms with van der Waals surface area (Å²) in [5.74, 6) is 0.800. The molecule has 2 fully saturated rings. The molecule has 0 bridgehead atoms. The minimum Gasteiger partial charge on any atom is -0.351 e. The van der Waals surface area contributed by atoms with Crippen LogP contribution in [0.4, 0.5) is 4.79 Å². The SMILES string of the molecule is CCC1(CC(=O)N2CCC([C@H]3c4ncc(Br)cc4CCc4cc(Cl)cc(Br)c43)CC2)CCN(C(N)=O)CC1. The van der Waals surface area contributed by atoms with Crippen LogP contribution in [0, 0.1) is 11.3 Å². The molecular weight excluding hydrogens is 632 g/mol. The van der Waals surface area contributed by atoms with Gasteiger partial charge in [0.05, 0.1) is 5.69 Å². The molecule has 9 heteroatoms. The van der Waals surface area contributed by atoms with Gasteiger partial charge in [-0.05, 0) is 107 Å². The van der Waals surface area contributed by atoms with E-state index >= 15 is 0 Å². The molecule has 204 valence electrons. The summed E-state index contributed by atoms with van der Waals surface area (Å²) >= 11 is 13.9. The minimum absolute atomic E-state index is 0.0412. The summed E-state index contributed by atoms with van der Waals surface area (Å²) in [6.07, 6.45) is 8.82. The number of rotatable bonds is 4. The molecular formula is C29H35Br2ClN4O2. The van der Waals surface area contributed by atoms with Crippen molar-refractivity contribution in [2.45, 2.75) is 64.2 Å². The van der Waals surface area contributed by atoms with E-state index in [1.807, 2.05) is 12.3 Å². The van der Waals surface area contributed by atoms with Crippen molar-refractivity contribution >= 4 is 55.4 Å². The smallest absolute Gasteiger partial charge is 0.314 e. The molecule has 1 aliphatic carbocycles. The molecule has 1 aromatic carbocycles. The van der Waals surface area contributed by atoms with Crippen LogP contribution in [-0.4, -0.2) is 52.9 Å². The third-order valence-corrected chi connectivity index (χ3v) is 10.5. The van der Waals surface area contributed by atoms with Crippen LogP contribution < -0.4 is 5.73 Å². The number of pyridine rings is 1. The highest BCUT2D eigenvalue weighted by atomic mass is 79.9. The number of primary amides is 1. The second-order valence-corrected chi connectivity index (χ2v) is 13.4. The van der Waals surface area contributed by atoms with Gasteiger partial charge in [0.15, 0.2) is 0 Å². The molecule has 2 N–H and O–H groups in total. The van der Waals surface area contributed by atoms with Gasteiger partial charge in [0.1, 0.15) is 0 Å². The Morgan fingerprint density at radius 3 is 2.39 bits per heavy atom. The van der Waals surface area contributed by atoms with E-state index in [1.165, 1.54) is 16.7 Å². The first-order valence-corrected chi connectivity index (χ1v) is 15.6. The summed E-state index contributed by atoms with van der Waals surface area (Å²) in [7, 11) is 0. The second-order valence-electron chi connectivity index (χ2n) is 11.2. The summed E-state index contributed by atoms with van der Waals surface area (Å²) in [6, 6.07) is 5.97. The molecule has 1 aromatic heterocycles. The third-order valence-electron chi connectivity index (χ3n) is 9.19. The van der Waals surface area contributed by atoms with Crippen molar-refractivity contribution < 1.29 is 9.59 Å².